The number of thiol groups is 2. The highest BCUT2D eigenvalue weighted by Gasteiger charge is 2.39. The number of aliphatic hydroxyl groups is 4. The van der Waals surface area contributed by atoms with Crippen LogP contribution in [-0.2, 0) is 131 Å². The predicted molar refractivity (Wildman–Crippen MR) is 499 cm³/mol. The zero-order valence-electron chi connectivity index (χ0n) is 76.7. The summed E-state index contributed by atoms with van der Waals surface area (Å²) in [5.74, 6) is -26.6. The van der Waals surface area contributed by atoms with Crippen LogP contribution in [0.5, 0.6) is 0 Å². The SMILES string of the molecule is CC(C)C[C@H](NC(=O)[C@H](C)NC(=O)[C@H](CO)NC(=O)[C@H](CCC(=O)O)NC(=O)[C@H](CS)NC(=O)[C@H](CC(N)=O)NC(=O)[C@H](Cc1ccccc1)NC(=O)CNC(=O)[C@H](Cc1ccccc1)NC(=O)[C@H](CO)NC(=O)[C@H](CC(C)C)NC(=O)[C@H](Cc1ccccc1)NC(=O)[C@H](CC(N)=O)NC(=O)CNC(=O)[C@H](Cc1ccccc1)NC(=O)[C@H](CS)NC(=O)[C@@H](N)CO)C(=O)NCC(=O)N[C@@H](CO)C(=O)O. The van der Waals surface area contributed by atoms with Gasteiger partial charge in [-0.15, -0.1) is 0 Å². The van der Waals surface area contributed by atoms with Gasteiger partial charge in [-0.1, -0.05) is 149 Å². The number of hydrogen-bond donors (Lipinski definition) is 29. The molecule has 51 heteroatoms. The van der Waals surface area contributed by atoms with Gasteiger partial charge < -0.3 is 144 Å². The number of carbonyl (C=O) groups excluding carboxylic acids is 20. The Morgan fingerprint density at radius 2 is 0.540 bits per heavy atom. The van der Waals surface area contributed by atoms with Crippen LogP contribution in [0.2, 0.25) is 0 Å². The van der Waals surface area contributed by atoms with Crippen molar-refractivity contribution >= 4 is 155 Å². The molecule has 0 saturated heterocycles. The van der Waals surface area contributed by atoms with E-state index in [0.717, 1.165) is 6.92 Å². The maximum Gasteiger partial charge on any atom is 0.328 e. The molecule has 0 aromatic heterocycles. The smallest absolute Gasteiger partial charge is 0.328 e. The predicted octanol–water partition coefficient (Wildman–Crippen LogP) is -10.5. The first kappa shape index (κ1) is 117. The molecule has 30 N–H and O–H groups in total. The number of aliphatic carboxylic acids is 2. The Hall–Kier alpha value is -14.3. The first-order valence-corrected chi connectivity index (χ1v) is 45.0. The zero-order chi connectivity index (χ0) is 104. The monoisotopic (exact) mass is 1990 g/mol. The number of amides is 20. The fourth-order valence-corrected chi connectivity index (χ4v) is 13.6. The van der Waals surface area contributed by atoms with Crippen molar-refractivity contribution in [3.63, 3.8) is 0 Å². The maximum absolute atomic E-state index is 14.7. The minimum Gasteiger partial charge on any atom is -0.481 e. The lowest BCUT2D eigenvalue weighted by molar-refractivity contribution is -0.143. The van der Waals surface area contributed by atoms with Crippen molar-refractivity contribution in [1.29, 1.82) is 0 Å². The van der Waals surface area contributed by atoms with Crippen LogP contribution in [0.3, 0.4) is 0 Å². The Balaban J connectivity index is 1.51. The fourth-order valence-electron chi connectivity index (χ4n) is 13.1. The zero-order valence-corrected chi connectivity index (χ0v) is 78.5. The van der Waals surface area contributed by atoms with Gasteiger partial charge in [-0.25, -0.2) is 4.79 Å². The minimum atomic E-state index is -1.98. The third-order valence-corrected chi connectivity index (χ3v) is 21.1. The molecule has 49 nitrogen and oxygen atoms in total. The molecule has 0 saturated carbocycles. The summed E-state index contributed by atoms with van der Waals surface area (Å²) in [4.78, 5) is 297. The van der Waals surface area contributed by atoms with Crippen LogP contribution in [-0.4, -0.2) is 315 Å². The number of benzene rings is 4. The van der Waals surface area contributed by atoms with Gasteiger partial charge in [-0.3, -0.25) is 101 Å². The Bertz CT molecular complexity index is 4880. The molecule has 0 aliphatic carbocycles. The molecule has 0 heterocycles. The number of carbonyl (C=O) groups is 22. The van der Waals surface area contributed by atoms with E-state index in [4.69, 9.17) is 22.3 Å². The first-order chi connectivity index (χ1) is 65.8. The van der Waals surface area contributed by atoms with Crippen LogP contribution in [0.25, 0.3) is 0 Å². The molecule has 0 spiro atoms. The third kappa shape index (κ3) is 43.3. The van der Waals surface area contributed by atoms with Crippen LogP contribution >= 0.6 is 25.3 Å². The summed E-state index contributed by atoms with van der Waals surface area (Å²) in [6, 6.07) is 5.51. The molecule has 0 radical (unpaired) electrons. The van der Waals surface area contributed by atoms with E-state index in [0.29, 0.717) is 22.3 Å². The fraction of sp³-hybridized carbons (Fsp3) is 0.477. The highest BCUT2D eigenvalue weighted by Crippen LogP contribution is 2.15. The number of hydrogen-bond acceptors (Lipinski definition) is 29. The number of primary amides is 2. The normalized spacial score (nSPS) is 14.4. The summed E-state index contributed by atoms with van der Waals surface area (Å²) in [5, 5.41) is 100. The van der Waals surface area contributed by atoms with E-state index in [9.17, 15) is 131 Å². The molecule has 0 bridgehead atoms. The van der Waals surface area contributed by atoms with Crippen molar-refractivity contribution < 1.29 is 136 Å². The Morgan fingerprint density at radius 1 is 0.288 bits per heavy atom. The highest BCUT2D eigenvalue weighted by molar-refractivity contribution is 7.80. The van der Waals surface area contributed by atoms with E-state index in [1.165, 1.54) is 0 Å². The third-order valence-electron chi connectivity index (χ3n) is 20.4. The van der Waals surface area contributed by atoms with Crippen molar-refractivity contribution in [3.8, 4) is 0 Å². The summed E-state index contributed by atoms with van der Waals surface area (Å²) in [6.07, 6.45) is -4.74. The van der Waals surface area contributed by atoms with Crippen LogP contribution in [0.15, 0.2) is 121 Å². The van der Waals surface area contributed by atoms with Crippen LogP contribution < -0.4 is 113 Å². The molecule has 16 atom stereocenters. The Morgan fingerprint density at radius 3 is 0.885 bits per heavy atom. The molecule has 4 aromatic carbocycles. The van der Waals surface area contributed by atoms with Gasteiger partial charge in [0.05, 0.1) is 58.9 Å². The Kier molecular flexibility index (Phi) is 51.4. The number of carboxylic acid groups (broad SMARTS) is 2. The summed E-state index contributed by atoms with van der Waals surface area (Å²) in [5.41, 5.74) is 18.5. The topological polar surface area (TPSA) is 792 Å². The average molecular weight is 1990 g/mol. The molecular weight excluding hydrogens is 1860 g/mol. The quantitative estimate of drug-likeness (QED) is 0.0183. The van der Waals surface area contributed by atoms with E-state index in [1.807, 2.05) is 5.32 Å². The lowest BCUT2D eigenvalue weighted by Gasteiger charge is -2.27. The number of rotatable bonds is 62. The highest BCUT2D eigenvalue weighted by atomic mass is 32.1. The molecule has 4 rings (SSSR count). The van der Waals surface area contributed by atoms with Crippen molar-refractivity contribution in [2.24, 2.45) is 29.0 Å². The summed E-state index contributed by atoms with van der Waals surface area (Å²) < 4.78 is 0. The maximum atomic E-state index is 14.7. The standard InChI is InChI=1S/C88H123N21O28S2/c1-45(2)28-54(75(123)92-38-71(118)98-64(42-113)88(136)137)100-73(121)47(5)95-84(132)62(40-111)106-78(126)53(26-27-72(119)120)99-86(134)66(44-139)109-83(131)61(35-68(91)115)105-80(128)58(32-50-22-14-8-15-23-50)96-69(116)36-93-76(124)56(30-48-18-10-6-11-19-48)102-85(133)63(41-112)107-79(127)55(29-46(3)4)101-81(129)59(33-51-24-16-9-17-25-51)104-82(130)60(34-67(90)114)97-70(117)37-94-77(125)57(31-49-20-12-7-13-21-49)103-87(135)65(43-138)108-74(122)52(89)39-110/h6-25,45-47,52-66,110-113,138-139H,26-44,89H2,1-5H3,(H2,90,114)(H2,91,115)(H,92,123)(H,93,124)(H,94,125)(H,95,132)(H,96,116)(H,97,117)(H,98,118)(H,99,134)(H,100,121)(H,101,129)(H,102,133)(H,103,135)(H,104,130)(H,105,128)(H,106,126)(H,107,127)(H,108,122)(H,109,131)(H,119,120)(H,136,137)/t47-,52-,53-,54-,55-,56-,57-,58-,59-,60-,61-,62-,63-,64-,65-,66-/m0/s1. The molecular formula is C88H123N21O28S2. The van der Waals surface area contributed by atoms with Gasteiger partial charge in [0, 0.05) is 43.6 Å². The summed E-state index contributed by atoms with van der Waals surface area (Å²) >= 11 is 8.27. The summed E-state index contributed by atoms with van der Waals surface area (Å²) in [6.45, 7) is 1.17. The molecule has 139 heavy (non-hydrogen) atoms. The van der Waals surface area contributed by atoms with E-state index in [-0.39, 0.29) is 50.2 Å². The molecule has 0 aliphatic heterocycles. The molecule has 760 valence electrons. The van der Waals surface area contributed by atoms with E-state index < -0.39 is 310 Å². The largest absolute Gasteiger partial charge is 0.481 e. The molecule has 0 aliphatic rings. The van der Waals surface area contributed by atoms with E-state index in [2.05, 4.69) is 116 Å². The lowest BCUT2D eigenvalue weighted by Crippen LogP contribution is -2.61. The van der Waals surface area contributed by atoms with E-state index >= 15 is 0 Å². The average Bonchev–Trinajstić information content (AvgIpc) is 0.853. The number of carboxylic acids is 2. The minimum absolute atomic E-state index is 0.0334. The summed E-state index contributed by atoms with van der Waals surface area (Å²) in [7, 11) is 0. The van der Waals surface area contributed by atoms with Crippen LogP contribution in [0.1, 0.15) is 95.4 Å². The van der Waals surface area contributed by atoms with Gasteiger partial charge in [-0.2, -0.15) is 25.3 Å². The van der Waals surface area contributed by atoms with Gasteiger partial charge >= 0.3 is 11.9 Å². The van der Waals surface area contributed by atoms with Crippen LogP contribution in [0, 0.1) is 11.8 Å². The van der Waals surface area contributed by atoms with E-state index in [1.54, 1.807) is 149 Å². The van der Waals surface area contributed by atoms with Gasteiger partial charge in [-0.05, 0) is 60.3 Å². The second-order valence-electron chi connectivity index (χ2n) is 32.7. The van der Waals surface area contributed by atoms with Crippen molar-refractivity contribution in [3.05, 3.63) is 144 Å². The number of aliphatic hydroxyl groups excluding tert-OH is 4. The second kappa shape index (κ2) is 61.0. The van der Waals surface area contributed by atoms with Gasteiger partial charge in [0.2, 0.25) is 118 Å². The van der Waals surface area contributed by atoms with Gasteiger partial charge in [0.25, 0.3) is 0 Å². The molecule has 20 amide bonds. The Labute approximate surface area is 809 Å². The lowest BCUT2D eigenvalue weighted by atomic mass is 10.00. The van der Waals surface area contributed by atoms with Crippen molar-refractivity contribution in [1.82, 2.24) is 95.7 Å². The second-order valence-corrected chi connectivity index (χ2v) is 33.5. The van der Waals surface area contributed by atoms with Crippen molar-refractivity contribution in [2.75, 3.05) is 57.6 Å². The van der Waals surface area contributed by atoms with Crippen LogP contribution in [0.4, 0.5) is 0 Å². The van der Waals surface area contributed by atoms with Gasteiger partial charge in [0.1, 0.15) is 96.7 Å². The van der Waals surface area contributed by atoms with Gasteiger partial charge in [0.15, 0.2) is 0 Å². The first-order valence-electron chi connectivity index (χ1n) is 43.8. The number of nitrogens with two attached hydrogens (primary N) is 3. The number of nitrogens with one attached hydrogen (secondary N) is 18. The molecule has 0 fully saturated rings. The molecule has 4 aromatic rings. The molecule has 0 unspecified atom stereocenters. The van der Waals surface area contributed by atoms with Crippen molar-refractivity contribution in [2.45, 2.75) is 195 Å².